The Balaban J connectivity index is 2.95. The summed E-state index contributed by atoms with van der Waals surface area (Å²) in [6, 6.07) is 0. The lowest BCUT2D eigenvalue weighted by Gasteiger charge is -2.30. The van der Waals surface area contributed by atoms with Gasteiger partial charge in [0.1, 0.15) is 0 Å². The molecule has 14 heavy (non-hydrogen) atoms. The van der Waals surface area contributed by atoms with E-state index < -0.39 is 20.1 Å². The molecule has 5 heteroatoms. The lowest BCUT2D eigenvalue weighted by atomic mass is 10.1. The van der Waals surface area contributed by atoms with Crippen LogP contribution in [0.1, 0.15) is 33.1 Å². The summed E-state index contributed by atoms with van der Waals surface area (Å²) in [6.07, 6.45) is 1.10. The summed E-state index contributed by atoms with van der Waals surface area (Å²) in [5, 5.41) is 9.86. The lowest BCUT2D eigenvalue weighted by molar-refractivity contribution is 0.130. The quantitative estimate of drug-likeness (QED) is 0.742. The van der Waals surface area contributed by atoms with Crippen LogP contribution in [0.2, 0.25) is 0 Å². The summed E-state index contributed by atoms with van der Waals surface area (Å²) in [4.78, 5) is 0. The molecule has 0 heterocycles. The number of halogens is 1. The van der Waals surface area contributed by atoms with Crippen molar-refractivity contribution in [3.8, 4) is 0 Å². The van der Waals surface area contributed by atoms with Gasteiger partial charge < -0.3 is 5.11 Å². The van der Waals surface area contributed by atoms with Crippen molar-refractivity contribution in [2.24, 2.45) is 5.92 Å². The molecule has 0 spiro atoms. The van der Waals surface area contributed by atoms with Crippen molar-refractivity contribution in [1.29, 1.82) is 0 Å². The molecule has 0 bridgehead atoms. The van der Waals surface area contributed by atoms with Crippen LogP contribution in [-0.4, -0.2) is 29.6 Å². The first-order valence-corrected chi connectivity index (χ1v) is 7.01. The highest BCUT2D eigenvalue weighted by atomic mass is 35.5. The Bertz CT molecular complexity index is 297. The third-order valence-corrected chi connectivity index (χ3v) is 6.41. The van der Waals surface area contributed by atoms with Crippen LogP contribution in [0.25, 0.3) is 0 Å². The molecular weight excluding hydrogens is 224 g/mol. The minimum atomic E-state index is -3.40. The molecule has 0 aliphatic heterocycles. The van der Waals surface area contributed by atoms with E-state index in [9.17, 15) is 13.5 Å². The maximum Gasteiger partial charge on any atom is 0.172 e. The van der Waals surface area contributed by atoms with E-state index >= 15 is 0 Å². The molecule has 0 aromatic heterocycles. The molecule has 0 saturated heterocycles. The Labute approximate surface area is 90.4 Å². The minimum absolute atomic E-state index is 0.0197. The van der Waals surface area contributed by atoms with Gasteiger partial charge in [0.15, 0.2) is 14.0 Å². The van der Waals surface area contributed by atoms with Crippen LogP contribution >= 0.6 is 11.6 Å². The van der Waals surface area contributed by atoms with Crippen LogP contribution in [-0.2, 0) is 9.84 Å². The molecule has 1 saturated carbocycles. The minimum Gasteiger partial charge on any atom is -0.390 e. The maximum atomic E-state index is 11.7. The first kappa shape index (κ1) is 12.3. The number of alkyl halides is 1. The Morgan fingerprint density at radius 3 is 2.29 bits per heavy atom. The first-order valence-electron chi connectivity index (χ1n) is 4.98. The third-order valence-electron chi connectivity index (χ3n) is 2.89. The highest BCUT2D eigenvalue weighted by Crippen LogP contribution is 2.44. The van der Waals surface area contributed by atoms with Gasteiger partial charge in [-0.15, -0.1) is 0 Å². The molecule has 0 unspecified atom stereocenters. The average Bonchev–Trinajstić information content (AvgIpc) is 2.98. The van der Waals surface area contributed by atoms with Gasteiger partial charge in [-0.25, -0.2) is 8.42 Å². The van der Waals surface area contributed by atoms with Crippen LogP contribution in [0.15, 0.2) is 0 Å². The zero-order valence-corrected chi connectivity index (χ0v) is 10.1. The molecule has 0 radical (unpaired) electrons. The van der Waals surface area contributed by atoms with E-state index in [0.29, 0.717) is 0 Å². The molecule has 1 rings (SSSR count). The van der Waals surface area contributed by atoms with E-state index in [1.807, 2.05) is 0 Å². The van der Waals surface area contributed by atoms with Gasteiger partial charge in [-0.2, -0.15) is 0 Å². The SMILES string of the molecule is CC[C@](Cl)([C@H](O)C1CC1)S(=O)(=O)CC. The topological polar surface area (TPSA) is 54.4 Å². The normalized spacial score (nSPS) is 24.3. The number of aliphatic hydroxyl groups excluding tert-OH is 1. The molecule has 1 aliphatic rings. The van der Waals surface area contributed by atoms with Gasteiger partial charge in [-0.1, -0.05) is 25.4 Å². The summed E-state index contributed by atoms with van der Waals surface area (Å²) in [5.74, 6) is 0.0578. The zero-order valence-electron chi connectivity index (χ0n) is 8.53. The molecule has 0 amide bonds. The maximum absolute atomic E-state index is 11.7. The largest absolute Gasteiger partial charge is 0.390 e. The number of hydrogen-bond acceptors (Lipinski definition) is 3. The van der Waals surface area contributed by atoms with Crippen LogP contribution in [0.4, 0.5) is 0 Å². The van der Waals surface area contributed by atoms with Crippen molar-refractivity contribution in [3.63, 3.8) is 0 Å². The molecular formula is C9H17ClO3S. The fraction of sp³-hybridized carbons (Fsp3) is 1.00. The van der Waals surface area contributed by atoms with Gasteiger partial charge in [0.05, 0.1) is 6.10 Å². The molecule has 0 aromatic carbocycles. The molecule has 0 aromatic rings. The van der Waals surface area contributed by atoms with Crippen molar-refractivity contribution in [3.05, 3.63) is 0 Å². The Hall–Kier alpha value is 0.200. The van der Waals surface area contributed by atoms with Crippen LogP contribution in [0.5, 0.6) is 0 Å². The highest BCUT2D eigenvalue weighted by molar-refractivity contribution is 7.94. The summed E-state index contributed by atoms with van der Waals surface area (Å²) >= 11 is 6.06. The zero-order chi connectivity index (χ0) is 11.0. The Kier molecular flexibility index (Phi) is 3.49. The van der Waals surface area contributed by atoms with Gasteiger partial charge in [0.25, 0.3) is 0 Å². The predicted octanol–water partition coefficient (Wildman–Crippen LogP) is 1.54. The predicted molar refractivity (Wildman–Crippen MR) is 57.1 cm³/mol. The van der Waals surface area contributed by atoms with Crippen molar-refractivity contribution >= 4 is 21.4 Å². The van der Waals surface area contributed by atoms with Crippen molar-refractivity contribution in [1.82, 2.24) is 0 Å². The number of rotatable bonds is 5. The summed E-state index contributed by atoms with van der Waals surface area (Å²) in [7, 11) is -3.40. The molecule has 84 valence electrons. The van der Waals surface area contributed by atoms with E-state index in [1.54, 1.807) is 13.8 Å². The van der Waals surface area contributed by atoms with Gasteiger partial charge in [0.2, 0.25) is 0 Å². The van der Waals surface area contributed by atoms with E-state index in [-0.39, 0.29) is 18.1 Å². The first-order chi connectivity index (χ1) is 6.39. The molecule has 1 fully saturated rings. The second-order valence-electron chi connectivity index (χ2n) is 3.83. The van der Waals surface area contributed by atoms with Crippen molar-refractivity contribution in [2.45, 2.75) is 43.4 Å². The Morgan fingerprint density at radius 1 is 1.50 bits per heavy atom. The molecule has 2 atom stereocenters. The molecule has 1 aliphatic carbocycles. The second kappa shape index (κ2) is 3.99. The van der Waals surface area contributed by atoms with Gasteiger partial charge in [-0.3, -0.25) is 0 Å². The highest BCUT2D eigenvalue weighted by Gasteiger charge is 2.51. The molecule has 1 N–H and O–H groups in total. The van der Waals surface area contributed by atoms with E-state index in [1.165, 1.54) is 0 Å². The Morgan fingerprint density at radius 2 is 2.00 bits per heavy atom. The summed E-state index contributed by atoms with van der Waals surface area (Å²) in [6.45, 7) is 3.26. The van der Waals surface area contributed by atoms with Crippen molar-refractivity contribution < 1.29 is 13.5 Å². The standard InChI is InChI=1S/C9H17ClO3S/c1-3-9(10,14(12,13)4-2)8(11)7-5-6-7/h7-8,11H,3-6H2,1-2H3/t8-,9-/m1/s1. The van der Waals surface area contributed by atoms with E-state index in [2.05, 4.69) is 0 Å². The average molecular weight is 241 g/mol. The number of aliphatic hydroxyl groups is 1. The summed E-state index contributed by atoms with van der Waals surface area (Å²) < 4.78 is 22.0. The monoisotopic (exact) mass is 240 g/mol. The van der Waals surface area contributed by atoms with Gasteiger partial charge >= 0.3 is 0 Å². The van der Waals surface area contributed by atoms with Crippen LogP contribution in [0, 0.1) is 5.92 Å². The van der Waals surface area contributed by atoms with Gasteiger partial charge in [-0.05, 0) is 25.2 Å². The van der Waals surface area contributed by atoms with Crippen LogP contribution in [0.3, 0.4) is 0 Å². The third kappa shape index (κ3) is 1.92. The van der Waals surface area contributed by atoms with E-state index in [4.69, 9.17) is 11.6 Å². The van der Waals surface area contributed by atoms with Crippen LogP contribution < -0.4 is 0 Å². The number of sulfone groups is 1. The van der Waals surface area contributed by atoms with Crippen molar-refractivity contribution in [2.75, 3.05) is 5.75 Å². The van der Waals surface area contributed by atoms with Gasteiger partial charge in [0, 0.05) is 5.75 Å². The van der Waals surface area contributed by atoms with E-state index in [0.717, 1.165) is 12.8 Å². The summed E-state index contributed by atoms with van der Waals surface area (Å²) in [5.41, 5.74) is 0. The fourth-order valence-electron chi connectivity index (χ4n) is 1.62. The smallest absolute Gasteiger partial charge is 0.172 e. The fourth-order valence-corrected chi connectivity index (χ4v) is 3.60. The number of hydrogen-bond donors (Lipinski definition) is 1. The second-order valence-corrected chi connectivity index (χ2v) is 7.26. The molecule has 3 nitrogen and oxygen atoms in total. The lowest BCUT2D eigenvalue weighted by Crippen LogP contribution is -2.45.